The predicted octanol–water partition coefficient (Wildman–Crippen LogP) is 2.31. The quantitative estimate of drug-likeness (QED) is 0.240. The van der Waals surface area contributed by atoms with Gasteiger partial charge in [0.2, 0.25) is 10.0 Å². The number of sulfonamides is 1. The lowest BCUT2D eigenvalue weighted by Crippen LogP contribution is -2.47. The van der Waals surface area contributed by atoms with Gasteiger partial charge in [0.25, 0.3) is 5.91 Å². The highest BCUT2D eigenvalue weighted by Gasteiger charge is 2.26. The Hall–Kier alpha value is -3.52. The number of nitrogens with one attached hydrogen (secondary N) is 2. The molecule has 1 heterocycles. The zero-order valence-corrected chi connectivity index (χ0v) is 21.1. The van der Waals surface area contributed by atoms with Gasteiger partial charge in [-0.25, -0.2) is 13.9 Å². The van der Waals surface area contributed by atoms with E-state index >= 15 is 0 Å². The summed E-state index contributed by atoms with van der Waals surface area (Å²) in [4.78, 5) is 14.5. The van der Waals surface area contributed by atoms with Crippen LogP contribution < -0.4 is 10.2 Å². The van der Waals surface area contributed by atoms with Gasteiger partial charge in [0.15, 0.2) is 0 Å². The summed E-state index contributed by atoms with van der Waals surface area (Å²) in [5, 5.41) is 9.07. The average molecular weight is 520 g/mol. The van der Waals surface area contributed by atoms with Crippen molar-refractivity contribution in [3.63, 3.8) is 0 Å². The van der Waals surface area contributed by atoms with Gasteiger partial charge in [-0.2, -0.15) is 4.72 Å². The molecule has 37 heavy (non-hydrogen) atoms. The number of ether oxygens (including phenoxy) is 1. The molecule has 0 spiro atoms. The third-order valence-corrected chi connectivity index (χ3v) is 7.47. The molecule has 1 fully saturated rings. The highest BCUT2D eigenvalue weighted by Crippen LogP contribution is 2.13. The Labute approximate surface area is 217 Å². The Morgan fingerprint density at radius 1 is 0.892 bits per heavy atom. The fourth-order valence-electron chi connectivity index (χ4n) is 3.94. The maximum Gasteiger partial charge on any atom is 0.261 e. The van der Waals surface area contributed by atoms with Crippen LogP contribution in [0.2, 0.25) is 0 Å². The van der Waals surface area contributed by atoms with E-state index in [9.17, 15) is 13.2 Å². The molecule has 3 aromatic carbocycles. The Morgan fingerprint density at radius 2 is 1.49 bits per heavy atom. The highest BCUT2D eigenvalue weighted by molar-refractivity contribution is 7.89. The van der Waals surface area contributed by atoms with Gasteiger partial charge in [-0.3, -0.25) is 14.9 Å². The van der Waals surface area contributed by atoms with Crippen LogP contribution in [0.1, 0.15) is 22.3 Å². The van der Waals surface area contributed by atoms with Crippen LogP contribution in [0.25, 0.3) is 0 Å². The van der Waals surface area contributed by atoms with Gasteiger partial charge in [-0.1, -0.05) is 54.3 Å². The molecule has 1 aliphatic heterocycles. The van der Waals surface area contributed by atoms with Gasteiger partial charge in [0.1, 0.15) is 6.04 Å². The van der Waals surface area contributed by atoms with Gasteiger partial charge < -0.3 is 4.74 Å². The molecule has 1 aliphatic rings. The summed E-state index contributed by atoms with van der Waals surface area (Å²) >= 11 is 0. The van der Waals surface area contributed by atoms with Crippen molar-refractivity contribution < 1.29 is 23.2 Å². The lowest BCUT2D eigenvalue weighted by Gasteiger charge is -2.26. The number of hydroxylamine groups is 1. The van der Waals surface area contributed by atoms with Crippen molar-refractivity contribution >= 4 is 15.9 Å². The van der Waals surface area contributed by atoms with Crippen molar-refractivity contribution in [3.8, 4) is 11.8 Å². The Morgan fingerprint density at radius 3 is 2.08 bits per heavy atom. The third kappa shape index (κ3) is 7.73. The summed E-state index contributed by atoms with van der Waals surface area (Å²) < 4.78 is 33.6. The first kappa shape index (κ1) is 26.5. The second-order valence-corrected chi connectivity index (χ2v) is 10.4. The molecule has 0 saturated carbocycles. The van der Waals surface area contributed by atoms with Crippen molar-refractivity contribution in [1.82, 2.24) is 15.1 Å². The minimum Gasteiger partial charge on any atom is -0.379 e. The second-order valence-electron chi connectivity index (χ2n) is 8.70. The van der Waals surface area contributed by atoms with E-state index in [0.717, 1.165) is 44.0 Å². The molecule has 0 unspecified atom stereocenters. The molecule has 1 saturated heterocycles. The minimum absolute atomic E-state index is 0.00526. The summed E-state index contributed by atoms with van der Waals surface area (Å²) in [6.07, 6.45) is 0.0846. The van der Waals surface area contributed by atoms with Crippen LogP contribution in [0.15, 0.2) is 83.8 Å². The van der Waals surface area contributed by atoms with Crippen LogP contribution in [-0.4, -0.2) is 56.8 Å². The minimum atomic E-state index is -4.02. The molecule has 4 rings (SSSR count). The number of rotatable bonds is 8. The number of hydrogen-bond donors (Lipinski definition) is 3. The smallest absolute Gasteiger partial charge is 0.261 e. The first-order valence-corrected chi connectivity index (χ1v) is 13.4. The molecule has 0 radical (unpaired) electrons. The molecule has 9 heteroatoms. The van der Waals surface area contributed by atoms with E-state index in [0.29, 0.717) is 5.56 Å². The zero-order valence-electron chi connectivity index (χ0n) is 20.3. The molecule has 1 amide bonds. The molecule has 0 aromatic heterocycles. The number of carbonyl (C=O) groups excluding carboxylic acids is 1. The predicted molar refractivity (Wildman–Crippen MR) is 139 cm³/mol. The van der Waals surface area contributed by atoms with E-state index < -0.39 is 22.0 Å². The summed E-state index contributed by atoms with van der Waals surface area (Å²) in [6.45, 7) is 4.29. The van der Waals surface area contributed by atoms with Crippen LogP contribution >= 0.6 is 0 Å². The molecule has 1 atom stereocenters. The van der Waals surface area contributed by atoms with Crippen LogP contribution in [-0.2, 0) is 32.5 Å². The number of morpholine rings is 1. The topological polar surface area (TPSA) is 108 Å². The lowest BCUT2D eigenvalue weighted by molar-refractivity contribution is -0.130. The van der Waals surface area contributed by atoms with E-state index in [4.69, 9.17) is 9.94 Å². The van der Waals surface area contributed by atoms with Crippen LogP contribution in [0, 0.1) is 11.8 Å². The van der Waals surface area contributed by atoms with Crippen LogP contribution in [0.4, 0.5) is 0 Å². The lowest BCUT2D eigenvalue weighted by atomic mass is 10.1. The van der Waals surface area contributed by atoms with Gasteiger partial charge in [0, 0.05) is 30.8 Å². The number of benzene rings is 3. The fourth-order valence-corrected chi connectivity index (χ4v) is 5.14. The van der Waals surface area contributed by atoms with E-state index in [1.54, 1.807) is 36.4 Å². The standard InChI is InChI=1S/C28H29N3O5S/c32-28(29-33)27(20-24-4-2-1-3-5-24)30-37(34,35)26-14-12-23(13-15-26)7-6-22-8-10-25(11-9-22)21-31-16-18-36-19-17-31/h1-5,8-15,27,30,33H,16-21H2,(H,29,32)/t27-/m1/s1. The van der Waals surface area contributed by atoms with Gasteiger partial charge in [-0.05, 0) is 53.9 Å². The molecule has 3 aromatic rings. The molecule has 0 aliphatic carbocycles. The van der Waals surface area contributed by atoms with Crippen LogP contribution in [0.3, 0.4) is 0 Å². The van der Waals surface area contributed by atoms with Gasteiger partial charge in [-0.15, -0.1) is 0 Å². The molecule has 8 nitrogen and oxygen atoms in total. The summed E-state index contributed by atoms with van der Waals surface area (Å²) in [5.41, 5.74) is 5.02. The second kappa shape index (κ2) is 12.6. The SMILES string of the molecule is O=C(NO)[C@@H](Cc1ccccc1)NS(=O)(=O)c1ccc(C#Cc2ccc(CN3CCOCC3)cc2)cc1. The normalized spacial score (nSPS) is 14.8. The van der Waals surface area contributed by atoms with E-state index in [1.807, 2.05) is 18.2 Å². The molecular weight excluding hydrogens is 490 g/mol. The maximum atomic E-state index is 12.9. The highest BCUT2D eigenvalue weighted by atomic mass is 32.2. The van der Waals surface area contributed by atoms with Crippen molar-refractivity contribution in [3.05, 3.63) is 101 Å². The molecule has 0 bridgehead atoms. The maximum absolute atomic E-state index is 12.9. The summed E-state index contributed by atoms with van der Waals surface area (Å²) in [5.74, 6) is 5.31. The first-order chi connectivity index (χ1) is 17.9. The number of carbonyl (C=O) groups is 1. The molecule has 3 N–H and O–H groups in total. The molecular formula is C28H29N3O5S. The van der Waals surface area contributed by atoms with Crippen molar-refractivity contribution in [2.75, 3.05) is 26.3 Å². The fraction of sp³-hybridized carbons (Fsp3) is 0.250. The van der Waals surface area contributed by atoms with E-state index in [1.165, 1.54) is 23.2 Å². The Bertz CT molecular complexity index is 1340. The number of nitrogens with zero attached hydrogens (tertiary/aromatic N) is 1. The van der Waals surface area contributed by atoms with E-state index in [-0.39, 0.29) is 11.3 Å². The van der Waals surface area contributed by atoms with E-state index in [2.05, 4.69) is 33.6 Å². The van der Waals surface area contributed by atoms with Crippen LogP contribution in [0.5, 0.6) is 0 Å². The van der Waals surface area contributed by atoms with Gasteiger partial charge in [0.05, 0.1) is 18.1 Å². The Balaban J connectivity index is 1.39. The van der Waals surface area contributed by atoms with Crippen molar-refractivity contribution in [2.24, 2.45) is 0 Å². The largest absolute Gasteiger partial charge is 0.379 e. The van der Waals surface area contributed by atoms with Crippen molar-refractivity contribution in [2.45, 2.75) is 23.9 Å². The third-order valence-electron chi connectivity index (χ3n) is 5.99. The monoisotopic (exact) mass is 519 g/mol. The number of hydrogen-bond acceptors (Lipinski definition) is 6. The zero-order chi connectivity index (χ0) is 26.1. The number of amides is 1. The summed E-state index contributed by atoms with van der Waals surface area (Å²) in [7, 11) is -4.02. The first-order valence-electron chi connectivity index (χ1n) is 11.9. The Kier molecular flexibility index (Phi) is 9.06. The average Bonchev–Trinajstić information content (AvgIpc) is 2.93. The van der Waals surface area contributed by atoms with Gasteiger partial charge >= 0.3 is 0 Å². The summed E-state index contributed by atoms with van der Waals surface area (Å²) in [6, 6.07) is 22.0. The molecule has 192 valence electrons. The van der Waals surface area contributed by atoms with Crippen molar-refractivity contribution in [1.29, 1.82) is 0 Å².